The van der Waals surface area contributed by atoms with Crippen LogP contribution >= 0.6 is 0 Å². The van der Waals surface area contributed by atoms with Crippen LogP contribution in [0.3, 0.4) is 0 Å². The monoisotopic (exact) mass is 458 g/mol. The lowest BCUT2D eigenvalue weighted by atomic mass is 10.1. The molecule has 3 aromatic rings. The van der Waals surface area contributed by atoms with Crippen molar-refractivity contribution in [3.63, 3.8) is 0 Å². The molecule has 168 valence electrons. The summed E-state index contributed by atoms with van der Waals surface area (Å²) in [6.07, 6.45) is 0. The molecule has 0 bridgehead atoms. The Morgan fingerprint density at radius 2 is 1.66 bits per heavy atom. The van der Waals surface area contributed by atoms with Crippen molar-refractivity contribution in [2.75, 3.05) is 18.4 Å². The number of benzene rings is 3. The summed E-state index contributed by atoms with van der Waals surface area (Å²) in [5, 5.41) is 2.83. The lowest BCUT2D eigenvalue weighted by Crippen LogP contribution is -2.31. The summed E-state index contributed by atoms with van der Waals surface area (Å²) in [6.45, 7) is 1.60. The predicted molar refractivity (Wildman–Crippen MR) is 119 cm³/mol. The number of anilines is 1. The fraction of sp³-hybridized carbons (Fsp3) is 0.174. The van der Waals surface area contributed by atoms with Gasteiger partial charge in [-0.15, -0.1) is 0 Å². The van der Waals surface area contributed by atoms with Gasteiger partial charge in [0.25, 0.3) is 15.9 Å². The molecule has 0 aliphatic carbocycles. The number of para-hydroxylation sites is 1. The van der Waals surface area contributed by atoms with E-state index in [0.29, 0.717) is 11.5 Å². The minimum absolute atomic E-state index is 0.00317. The van der Waals surface area contributed by atoms with Crippen LogP contribution in [-0.4, -0.2) is 28.0 Å². The molecule has 7 nitrogen and oxygen atoms in total. The summed E-state index contributed by atoms with van der Waals surface area (Å²) >= 11 is 0. The van der Waals surface area contributed by atoms with E-state index in [-0.39, 0.29) is 29.1 Å². The highest BCUT2D eigenvalue weighted by atomic mass is 32.2. The summed E-state index contributed by atoms with van der Waals surface area (Å²) in [5.74, 6) is 0.215. The van der Waals surface area contributed by atoms with Crippen molar-refractivity contribution in [1.82, 2.24) is 5.32 Å². The summed E-state index contributed by atoms with van der Waals surface area (Å²) in [7, 11) is -2.28. The third-order valence-corrected chi connectivity index (χ3v) is 5.98. The lowest BCUT2D eigenvalue weighted by molar-refractivity contribution is -0.123. The standard InChI is InChI=1S/C23H23FN2O5S/c1-16(21-5-3-4-6-22(21)30-2)25-23(27)15-31-19-11-13-20(14-12-19)32(28,29)26-18-9-7-17(24)8-10-18/h3-14,16,26H,15H2,1-2H3,(H,25,27). The van der Waals surface area contributed by atoms with Crippen molar-refractivity contribution < 1.29 is 27.1 Å². The number of hydrogen-bond acceptors (Lipinski definition) is 5. The van der Waals surface area contributed by atoms with Gasteiger partial charge in [-0.3, -0.25) is 9.52 Å². The average molecular weight is 459 g/mol. The molecule has 32 heavy (non-hydrogen) atoms. The van der Waals surface area contributed by atoms with E-state index in [4.69, 9.17) is 9.47 Å². The van der Waals surface area contributed by atoms with Gasteiger partial charge in [-0.25, -0.2) is 12.8 Å². The van der Waals surface area contributed by atoms with Gasteiger partial charge in [0.15, 0.2) is 6.61 Å². The molecule has 0 fully saturated rings. The molecule has 3 aromatic carbocycles. The number of halogens is 1. The van der Waals surface area contributed by atoms with E-state index in [1.165, 1.54) is 36.4 Å². The Labute approximate surface area is 186 Å². The molecular weight excluding hydrogens is 435 g/mol. The van der Waals surface area contributed by atoms with E-state index in [1.807, 2.05) is 31.2 Å². The number of nitrogens with one attached hydrogen (secondary N) is 2. The van der Waals surface area contributed by atoms with Gasteiger partial charge in [0, 0.05) is 11.3 Å². The van der Waals surface area contributed by atoms with Crippen molar-refractivity contribution in [3.05, 3.63) is 84.2 Å². The first-order valence-electron chi connectivity index (χ1n) is 9.72. The fourth-order valence-electron chi connectivity index (χ4n) is 2.98. The van der Waals surface area contributed by atoms with Gasteiger partial charge in [-0.05, 0) is 61.5 Å². The van der Waals surface area contributed by atoms with Gasteiger partial charge in [0.05, 0.1) is 18.0 Å². The molecule has 1 atom stereocenters. The molecule has 0 spiro atoms. The van der Waals surface area contributed by atoms with Crippen molar-refractivity contribution >= 4 is 21.6 Å². The number of carbonyl (C=O) groups excluding carboxylic acids is 1. The molecule has 1 amide bonds. The zero-order valence-electron chi connectivity index (χ0n) is 17.5. The van der Waals surface area contributed by atoms with E-state index in [2.05, 4.69) is 10.0 Å². The van der Waals surface area contributed by atoms with Crippen LogP contribution in [0.5, 0.6) is 11.5 Å². The maximum atomic E-state index is 13.0. The largest absolute Gasteiger partial charge is 0.496 e. The highest BCUT2D eigenvalue weighted by molar-refractivity contribution is 7.92. The van der Waals surface area contributed by atoms with Crippen molar-refractivity contribution in [1.29, 1.82) is 0 Å². The average Bonchev–Trinajstić information content (AvgIpc) is 2.79. The molecule has 0 saturated carbocycles. The Morgan fingerprint density at radius 3 is 2.31 bits per heavy atom. The molecule has 3 rings (SSSR count). The molecule has 1 unspecified atom stereocenters. The number of sulfonamides is 1. The topological polar surface area (TPSA) is 93.7 Å². The molecule has 0 radical (unpaired) electrons. The van der Waals surface area contributed by atoms with Crippen molar-refractivity contribution in [2.45, 2.75) is 17.9 Å². The minimum atomic E-state index is -3.85. The first-order valence-corrected chi connectivity index (χ1v) is 11.2. The van der Waals surface area contributed by atoms with Gasteiger partial charge in [-0.2, -0.15) is 0 Å². The zero-order chi connectivity index (χ0) is 23.1. The molecule has 9 heteroatoms. The van der Waals surface area contributed by atoms with E-state index in [0.717, 1.165) is 17.7 Å². The van der Waals surface area contributed by atoms with Crippen LogP contribution in [0.4, 0.5) is 10.1 Å². The normalized spacial score (nSPS) is 12.0. The number of ether oxygens (including phenoxy) is 2. The molecule has 0 saturated heterocycles. The second kappa shape index (κ2) is 10.1. The Kier molecular flexibility index (Phi) is 7.32. The van der Waals surface area contributed by atoms with Crippen LogP contribution in [0.1, 0.15) is 18.5 Å². The van der Waals surface area contributed by atoms with Gasteiger partial charge >= 0.3 is 0 Å². The Balaban J connectivity index is 1.56. The van der Waals surface area contributed by atoms with E-state index < -0.39 is 15.8 Å². The predicted octanol–water partition coefficient (Wildman–Crippen LogP) is 3.89. The van der Waals surface area contributed by atoms with Gasteiger partial charge < -0.3 is 14.8 Å². The van der Waals surface area contributed by atoms with Crippen molar-refractivity contribution in [3.8, 4) is 11.5 Å². The van der Waals surface area contributed by atoms with Crippen LogP contribution < -0.4 is 19.5 Å². The Hall–Kier alpha value is -3.59. The number of amides is 1. The number of rotatable bonds is 9. The van der Waals surface area contributed by atoms with Crippen LogP contribution in [0, 0.1) is 5.82 Å². The summed E-state index contributed by atoms with van der Waals surface area (Å²) in [4.78, 5) is 12.2. The molecule has 0 aromatic heterocycles. The fourth-order valence-corrected chi connectivity index (χ4v) is 4.04. The van der Waals surface area contributed by atoms with Gasteiger partial charge in [0.1, 0.15) is 17.3 Å². The van der Waals surface area contributed by atoms with E-state index in [9.17, 15) is 17.6 Å². The maximum Gasteiger partial charge on any atom is 0.261 e. The Bertz CT molecular complexity index is 1170. The van der Waals surface area contributed by atoms with Gasteiger partial charge in [0.2, 0.25) is 0 Å². The summed E-state index contributed by atoms with van der Waals surface area (Å²) < 4.78 is 51.0. The first-order chi connectivity index (χ1) is 15.3. The smallest absolute Gasteiger partial charge is 0.261 e. The van der Waals surface area contributed by atoms with Crippen LogP contribution in [0.15, 0.2) is 77.7 Å². The van der Waals surface area contributed by atoms with Crippen LogP contribution in [0.2, 0.25) is 0 Å². The summed E-state index contributed by atoms with van der Waals surface area (Å²) in [6, 6.07) is 17.7. The molecular formula is C23H23FN2O5S. The second-order valence-corrected chi connectivity index (χ2v) is 8.59. The molecule has 0 aliphatic rings. The third kappa shape index (κ3) is 5.98. The SMILES string of the molecule is COc1ccccc1C(C)NC(=O)COc1ccc(S(=O)(=O)Nc2ccc(F)cc2)cc1. The van der Waals surface area contributed by atoms with Crippen molar-refractivity contribution in [2.24, 2.45) is 0 Å². The molecule has 0 aliphatic heterocycles. The number of methoxy groups -OCH3 is 1. The third-order valence-electron chi connectivity index (χ3n) is 4.58. The highest BCUT2D eigenvalue weighted by Crippen LogP contribution is 2.24. The maximum absolute atomic E-state index is 13.0. The summed E-state index contributed by atoms with van der Waals surface area (Å²) in [5.41, 5.74) is 1.08. The Morgan fingerprint density at radius 1 is 1.00 bits per heavy atom. The quantitative estimate of drug-likeness (QED) is 0.507. The lowest BCUT2D eigenvalue weighted by Gasteiger charge is -2.17. The van der Waals surface area contributed by atoms with E-state index >= 15 is 0 Å². The molecule has 2 N–H and O–H groups in total. The minimum Gasteiger partial charge on any atom is -0.496 e. The highest BCUT2D eigenvalue weighted by Gasteiger charge is 2.16. The second-order valence-electron chi connectivity index (χ2n) is 6.90. The van der Waals surface area contributed by atoms with Crippen LogP contribution in [-0.2, 0) is 14.8 Å². The molecule has 0 heterocycles. The van der Waals surface area contributed by atoms with Gasteiger partial charge in [-0.1, -0.05) is 18.2 Å². The van der Waals surface area contributed by atoms with E-state index in [1.54, 1.807) is 7.11 Å². The first kappa shape index (κ1) is 23.1. The zero-order valence-corrected chi connectivity index (χ0v) is 18.4. The van der Waals surface area contributed by atoms with Crippen LogP contribution in [0.25, 0.3) is 0 Å². The number of hydrogen-bond donors (Lipinski definition) is 2. The number of carbonyl (C=O) groups is 1.